The Morgan fingerprint density at radius 1 is 0.852 bits per heavy atom. The molecule has 0 fully saturated rings. The number of ether oxygens (including phenoxy) is 1. The zero-order chi connectivity index (χ0) is 19.1. The summed E-state index contributed by atoms with van der Waals surface area (Å²) < 4.78 is 31.6. The Bertz CT molecular complexity index is 897. The Hall–Kier alpha value is -2.94. The number of hydrogen-bond donors (Lipinski definition) is 0. The maximum absolute atomic E-state index is 14.7. The first-order valence-corrected chi connectivity index (χ1v) is 9.00. The van der Waals surface area contributed by atoms with Crippen molar-refractivity contribution < 1.29 is 13.5 Å². The van der Waals surface area contributed by atoms with Gasteiger partial charge in [-0.1, -0.05) is 60.7 Å². The maximum Gasteiger partial charge on any atom is 0.228 e. The molecule has 0 saturated heterocycles. The minimum atomic E-state index is -0.878. The monoisotopic (exact) mass is 364 g/mol. The molecule has 0 radical (unpaired) electrons. The van der Waals surface area contributed by atoms with Crippen LogP contribution >= 0.6 is 0 Å². The highest BCUT2D eigenvalue weighted by molar-refractivity contribution is 5.71. The molecule has 3 rings (SSSR count). The topological polar surface area (TPSA) is 9.23 Å². The van der Waals surface area contributed by atoms with Crippen molar-refractivity contribution in [3.63, 3.8) is 0 Å². The first-order valence-electron chi connectivity index (χ1n) is 9.00. The van der Waals surface area contributed by atoms with Crippen LogP contribution in [0.1, 0.15) is 18.9 Å². The van der Waals surface area contributed by atoms with Crippen molar-refractivity contribution in [1.82, 2.24) is 0 Å². The summed E-state index contributed by atoms with van der Waals surface area (Å²) in [6.07, 6.45) is 6.23. The third-order valence-electron chi connectivity index (χ3n) is 4.48. The molecule has 0 unspecified atom stereocenters. The van der Waals surface area contributed by atoms with Crippen molar-refractivity contribution in [3.8, 4) is 28.0 Å². The molecule has 0 spiro atoms. The molecule has 0 atom stereocenters. The summed E-state index contributed by atoms with van der Waals surface area (Å²) in [4.78, 5) is 0. The SMILES string of the molecule is C/C=C/CCc1ccc(-c2ccc(-c3ccc(OCF)cc3)c(F)c2)cc1. The van der Waals surface area contributed by atoms with Crippen LogP contribution in [0.25, 0.3) is 22.3 Å². The van der Waals surface area contributed by atoms with Gasteiger partial charge in [-0.3, -0.25) is 0 Å². The van der Waals surface area contributed by atoms with Crippen LogP contribution < -0.4 is 4.74 Å². The van der Waals surface area contributed by atoms with Crippen LogP contribution in [-0.4, -0.2) is 6.86 Å². The van der Waals surface area contributed by atoms with E-state index >= 15 is 0 Å². The molecular formula is C24H22F2O. The average molecular weight is 364 g/mol. The number of rotatable bonds is 7. The highest BCUT2D eigenvalue weighted by Gasteiger charge is 2.08. The molecule has 0 saturated carbocycles. The molecule has 0 aliphatic carbocycles. The minimum Gasteiger partial charge on any atom is -0.463 e. The number of aryl methyl sites for hydroxylation is 1. The molecule has 138 valence electrons. The molecule has 1 nitrogen and oxygen atoms in total. The molecule has 27 heavy (non-hydrogen) atoms. The number of alkyl halides is 1. The molecule has 0 aliphatic rings. The molecule has 3 aromatic carbocycles. The van der Waals surface area contributed by atoms with Gasteiger partial charge in [-0.2, -0.15) is 0 Å². The van der Waals surface area contributed by atoms with E-state index in [1.165, 1.54) is 5.56 Å². The van der Waals surface area contributed by atoms with Gasteiger partial charge < -0.3 is 4.74 Å². The lowest BCUT2D eigenvalue weighted by Gasteiger charge is -2.09. The summed E-state index contributed by atoms with van der Waals surface area (Å²) in [6, 6.07) is 20.2. The van der Waals surface area contributed by atoms with E-state index in [1.807, 2.05) is 25.1 Å². The number of halogens is 2. The van der Waals surface area contributed by atoms with Gasteiger partial charge in [0.25, 0.3) is 0 Å². The summed E-state index contributed by atoms with van der Waals surface area (Å²) in [5.74, 6) is 0.136. The Labute approximate surface area is 158 Å². The fraction of sp³-hybridized carbons (Fsp3) is 0.167. The zero-order valence-corrected chi connectivity index (χ0v) is 15.3. The van der Waals surface area contributed by atoms with Gasteiger partial charge in [-0.25, -0.2) is 8.78 Å². The summed E-state index contributed by atoms with van der Waals surface area (Å²) in [5, 5.41) is 0. The lowest BCUT2D eigenvalue weighted by molar-refractivity contribution is 0.192. The van der Waals surface area contributed by atoms with Crippen LogP contribution in [0, 0.1) is 5.82 Å². The van der Waals surface area contributed by atoms with E-state index in [1.54, 1.807) is 36.4 Å². The first-order chi connectivity index (χ1) is 13.2. The Kier molecular flexibility index (Phi) is 6.37. The smallest absolute Gasteiger partial charge is 0.228 e. The molecular weight excluding hydrogens is 342 g/mol. The third-order valence-corrected chi connectivity index (χ3v) is 4.48. The Morgan fingerprint density at radius 2 is 1.52 bits per heavy atom. The van der Waals surface area contributed by atoms with Crippen LogP contribution in [0.3, 0.4) is 0 Å². The fourth-order valence-electron chi connectivity index (χ4n) is 3.00. The lowest BCUT2D eigenvalue weighted by Crippen LogP contribution is -1.90. The lowest BCUT2D eigenvalue weighted by atomic mass is 9.98. The van der Waals surface area contributed by atoms with Crippen molar-refractivity contribution in [2.24, 2.45) is 0 Å². The van der Waals surface area contributed by atoms with Gasteiger partial charge in [0.2, 0.25) is 6.86 Å². The van der Waals surface area contributed by atoms with E-state index in [0.717, 1.165) is 29.5 Å². The second-order valence-corrected chi connectivity index (χ2v) is 6.28. The highest BCUT2D eigenvalue weighted by atomic mass is 19.1. The fourth-order valence-corrected chi connectivity index (χ4v) is 3.00. The van der Waals surface area contributed by atoms with E-state index in [-0.39, 0.29) is 5.82 Å². The maximum atomic E-state index is 14.7. The molecule has 0 heterocycles. The van der Waals surface area contributed by atoms with Crippen molar-refractivity contribution in [1.29, 1.82) is 0 Å². The van der Waals surface area contributed by atoms with Crippen molar-refractivity contribution in [3.05, 3.63) is 90.3 Å². The highest BCUT2D eigenvalue weighted by Crippen LogP contribution is 2.29. The van der Waals surface area contributed by atoms with Crippen molar-refractivity contribution in [2.45, 2.75) is 19.8 Å². The first kappa shape index (κ1) is 18.8. The van der Waals surface area contributed by atoms with Gasteiger partial charge in [0.1, 0.15) is 11.6 Å². The molecule has 0 N–H and O–H groups in total. The molecule has 0 aromatic heterocycles. The third kappa shape index (κ3) is 4.82. The standard InChI is InChI=1S/C24H22F2O/c1-2-3-4-5-18-6-8-19(9-7-18)21-12-15-23(24(26)16-21)20-10-13-22(14-11-20)27-17-25/h2-3,6-16H,4-5,17H2,1H3/b3-2+. The Morgan fingerprint density at radius 3 is 2.15 bits per heavy atom. The van der Waals surface area contributed by atoms with Crippen LogP contribution in [-0.2, 0) is 6.42 Å². The average Bonchev–Trinajstić information content (AvgIpc) is 2.70. The summed E-state index contributed by atoms with van der Waals surface area (Å²) in [7, 11) is 0. The van der Waals surface area contributed by atoms with E-state index in [2.05, 4.69) is 24.3 Å². The second kappa shape index (κ2) is 9.13. The van der Waals surface area contributed by atoms with Crippen LogP contribution in [0.4, 0.5) is 8.78 Å². The van der Waals surface area contributed by atoms with E-state index < -0.39 is 6.86 Å². The zero-order valence-electron chi connectivity index (χ0n) is 15.3. The van der Waals surface area contributed by atoms with Crippen LogP contribution in [0.15, 0.2) is 78.9 Å². The predicted octanol–water partition coefficient (Wildman–Crippen LogP) is 6.97. The van der Waals surface area contributed by atoms with E-state index in [9.17, 15) is 8.78 Å². The predicted molar refractivity (Wildman–Crippen MR) is 107 cm³/mol. The number of hydrogen-bond acceptors (Lipinski definition) is 1. The summed E-state index contributed by atoms with van der Waals surface area (Å²) in [6.45, 7) is 1.14. The molecule has 0 amide bonds. The largest absolute Gasteiger partial charge is 0.463 e. The number of benzene rings is 3. The van der Waals surface area contributed by atoms with Gasteiger partial charge >= 0.3 is 0 Å². The molecule has 3 aromatic rings. The normalized spacial score (nSPS) is 11.1. The van der Waals surface area contributed by atoms with Gasteiger partial charge in [0.05, 0.1) is 0 Å². The minimum absolute atomic E-state index is 0.288. The van der Waals surface area contributed by atoms with E-state index in [4.69, 9.17) is 4.74 Å². The summed E-state index contributed by atoms with van der Waals surface area (Å²) >= 11 is 0. The van der Waals surface area contributed by atoms with Gasteiger partial charge in [0.15, 0.2) is 0 Å². The van der Waals surface area contributed by atoms with Crippen molar-refractivity contribution >= 4 is 0 Å². The van der Waals surface area contributed by atoms with Crippen LogP contribution in [0.5, 0.6) is 5.75 Å². The second-order valence-electron chi connectivity index (χ2n) is 6.28. The molecule has 0 aliphatic heterocycles. The quantitative estimate of drug-likeness (QED) is 0.411. The molecule has 0 bridgehead atoms. The van der Waals surface area contributed by atoms with Gasteiger partial charge in [-0.15, -0.1) is 0 Å². The van der Waals surface area contributed by atoms with Gasteiger partial charge in [-0.05, 0) is 60.2 Å². The van der Waals surface area contributed by atoms with Gasteiger partial charge in [0, 0.05) is 5.56 Å². The Balaban J connectivity index is 1.78. The number of allylic oxidation sites excluding steroid dienone is 2. The molecule has 3 heteroatoms. The summed E-state index contributed by atoms with van der Waals surface area (Å²) in [5.41, 5.74) is 4.33. The van der Waals surface area contributed by atoms with E-state index in [0.29, 0.717) is 11.3 Å². The van der Waals surface area contributed by atoms with Crippen molar-refractivity contribution in [2.75, 3.05) is 6.86 Å². The van der Waals surface area contributed by atoms with Crippen LogP contribution in [0.2, 0.25) is 0 Å².